The first-order valence-electron chi connectivity index (χ1n) is 6.04. The van der Waals surface area contributed by atoms with Gasteiger partial charge in [0.25, 0.3) is 0 Å². The number of rotatable bonds is 6. The van der Waals surface area contributed by atoms with Crippen LogP contribution < -0.4 is 5.73 Å². The SMILES string of the molecule is Cc1nn(CCC(=O)N(C)CCC(N)=S)c(C)c1Cl. The van der Waals surface area contributed by atoms with Gasteiger partial charge >= 0.3 is 0 Å². The zero-order valence-corrected chi connectivity index (χ0v) is 13.0. The van der Waals surface area contributed by atoms with E-state index in [-0.39, 0.29) is 5.91 Å². The fourth-order valence-electron chi connectivity index (χ4n) is 1.69. The minimum Gasteiger partial charge on any atom is -0.393 e. The van der Waals surface area contributed by atoms with E-state index in [0.29, 0.717) is 35.9 Å². The van der Waals surface area contributed by atoms with Gasteiger partial charge in [-0.3, -0.25) is 9.48 Å². The first-order valence-corrected chi connectivity index (χ1v) is 6.83. The van der Waals surface area contributed by atoms with Crippen molar-refractivity contribution in [2.24, 2.45) is 5.73 Å². The Morgan fingerprint density at radius 1 is 1.47 bits per heavy atom. The van der Waals surface area contributed by atoms with Crippen LogP contribution in [-0.4, -0.2) is 39.2 Å². The molecule has 1 rings (SSSR count). The number of nitrogens with two attached hydrogens (primary N) is 1. The van der Waals surface area contributed by atoms with Crippen molar-refractivity contribution in [3.05, 3.63) is 16.4 Å². The summed E-state index contributed by atoms with van der Waals surface area (Å²) in [7, 11) is 1.74. The van der Waals surface area contributed by atoms with Crippen LogP contribution in [0.5, 0.6) is 0 Å². The van der Waals surface area contributed by atoms with E-state index in [1.807, 2.05) is 13.8 Å². The third-order valence-electron chi connectivity index (χ3n) is 2.95. The predicted octanol–water partition coefficient (Wildman–Crippen LogP) is 1.68. The van der Waals surface area contributed by atoms with E-state index in [4.69, 9.17) is 29.6 Å². The lowest BCUT2D eigenvalue weighted by Gasteiger charge is -2.16. The Balaban J connectivity index is 2.49. The zero-order chi connectivity index (χ0) is 14.6. The Morgan fingerprint density at radius 2 is 2.11 bits per heavy atom. The number of hydrogen-bond donors (Lipinski definition) is 1. The molecular formula is C12H19ClN4OS. The van der Waals surface area contributed by atoms with E-state index in [2.05, 4.69) is 5.10 Å². The molecule has 0 saturated heterocycles. The van der Waals surface area contributed by atoms with Crippen LogP contribution in [0.3, 0.4) is 0 Å². The highest BCUT2D eigenvalue weighted by molar-refractivity contribution is 7.80. The second kappa shape index (κ2) is 6.86. The summed E-state index contributed by atoms with van der Waals surface area (Å²) in [6.07, 6.45) is 0.926. The molecule has 0 unspecified atom stereocenters. The van der Waals surface area contributed by atoms with Gasteiger partial charge in [-0.05, 0) is 13.8 Å². The molecule has 0 saturated carbocycles. The minimum absolute atomic E-state index is 0.0416. The Labute approximate surface area is 123 Å². The van der Waals surface area contributed by atoms with Gasteiger partial charge in [0.2, 0.25) is 5.91 Å². The van der Waals surface area contributed by atoms with E-state index in [0.717, 1.165) is 11.4 Å². The molecule has 106 valence electrons. The Bertz CT molecular complexity index is 486. The molecule has 0 aliphatic rings. The molecule has 5 nitrogen and oxygen atoms in total. The molecule has 0 spiro atoms. The van der Waals surface area contributed by atoms with Gasteiger partial charge < -0.3 is 10.6 Å². The molecule has 0 atom stereocenters. The quantitative estimate of drug-likeness (QED) is 0.812. The zero-order valence-electron chi connectivity index (χ0n) is 11.4. The normalized spacial score (nSPS) is 10.5. The smallest absolute Gasteiger partial charge is 0.224 e. The monoisotopic (exact) mass is 302 g/mol. The number of halogens is 1. The fourth-order valence-corrected chi connectivity index (χ4v) is 1.91. The summed E-state index contributed by atoms with van der Waals surface area (Å²) in [4.78, 5) is 14.0. The summed E-state index contributed by atoms with van der Waals surface area (Å²) in [5.41, 5.74) is 7.08. The Morgan fingerprint density at radius 3 is 2.58 bits per heavy atom. The van der Waals surface area contributed by atoms with Crippen molar-refractivity contribution in [2.45, 2.75) is 33.2 Å². The number of hydrogen-bond acceptors (Lipinski definition) is 3. The molecule has 1 aromatic rings. The van der Waals surface area contributed by atoms with Gasteiger partial charge in [0, 0.05) is 26.4 Å². The number of aryl methyl sites for hydroxylation is 2. The maximum absolute atomic E-state index is 11.9. The summed E-state index contributed by atoms with van der Waals surface area (Å²) in [5, 5.41) is 4.95. The van der Waals surface area contributed by atoms with E-state index in [9.17, 15) is 4.79 Å². The molecule has 0 aromatic carbocycles. The average molecular weight is 303 g/mol. The molecule has 1 heterocycles. The number of thiocarbonyl (C=S) groups is 1. The van der Waals surface area contributed by atoms with Crippen LogP contribution in [0.4, 0.5) is 0 Å². The molecule has 19 heavy (non-hydrogen) atoms. The van der Waals surface area contributed by atoms with Gasteiger partial charge in [0.1, 0.15) is 0 Å². The van der Waals surface area contributed by atoms with Crippen molar-refractivity contribution in [1.82, 2.24) is 14.7 Å². The van der Waals surface area contributed by atoms with Crippen molar-refractivity contribution in [3.63, 3.8) is 0 Å². The Hall–Kier alpha value is -1.14. The molecule has 1 aromatic heterocycles. The highest BCUT2D eigenvalue weighted by atomic mass is 35.5. The lowest BCUT2D eigenvalue weighted by atomic mass is 10.3. The first kappa shape index (κ1) is 15.9. The second-order valence-electron chi connectivity index (χ2n) is 4.49. The van der Waals surface area contributed by atoms with Crippen LogP contribution in [0, 0.1) is 13.8 Å². The highest BCUT2D eigenvalue weighted by Gasteiger charge is 2.12. The maximum Gasteiger partial charge on any atom is 0.224 e. The average Bonchev–Trinajstić information content (AvgIpc) is 2.60. The molecule has 2 N–H and O–H groups in total. The second-order valence-corrected chi connectivity index (χ2v) is 5.39. The molecule has 7 heteroatoms. The van der Waals surface area contributed by atoms with Crippen molar-refractivity contribution < 1.29 is 4.79 Å². The van der Waals surface area contributed by atoms with Crippen LogP contribution in [0.15, 0.2) is 0 Å². The van der Waals surface area contributed by atoms with Crippen molar-refractivity contribution in [1.29, 1.82) is 0 Å². The van der Waals surface area contributed by atoms with E-state index < -0.39 is 0 Å². The first-order chi connectivity index (χ1) is 8.82. The van der Waals surface area contributed by atoms with Crippen LogP contribution in [0.1, 0.15) is 24.2 Å². The van der Waals surface area contributed by atoms with E-state index in [1.54, 1.807) is 16.6 Å². The fraction of sp³-hybridized carbons (Fsp3) is 0.583. The van der Waals surface area contributed by atoms with E-state index in [1.165, 1.54) is 0 Å². The lowest BCUT2D eigenvalue weighted by Crippen LogP contribution is -2.30. The van der Waals surface area contributed by atoms with Gasteiger partial charge in [-0.25, -0.2) is 0 Å². The molecule has 0 fully saturated rings. The summed E-state index contributed by atoms with van der Waals surface area (Å²) in [6, 6.07) is 0. The highest BCUT2D eigenvalue weighted by Crippen LogP contribution is 2.19. The molecule has 0 aliphatic carbocycles. The largest absolute Gasteiger partial charge is 0.393 e. The summed E-state index contributed by atoms with van der Waals surface area (Å²) in [5.74, 6) is 0.0416. The molecule has 0 aliphatic heterocycles. The predicted molar refractivity (Wildman–Crippen MR) is 80.4 cm³/mol. The minimum atomic E-state index is 0.0416. The number of carbonyl (C=O) groups is 1. The van der Waals surface area contributed by atoms with Gasteiger partial charge in [-0.15, -0.1) is 0 Å². The molecular weight excluding hydrogens is 284 g/mol. The van der Waals surface area contributed by atoms with Gasteiger partial charge in [-0.1, -0.05) is 23.8 Å². The van der Waals surface area contributed by atoms with E-state index >= 15 is 0 Å². The third-order valence-corrected chi connectivity index (χ3v) is 3.70. The molecule has 0 radical (unpaired) electrons. The number of nitrogens with zero attached hydrogens (tertiary/aromatic N) is 3. The van der Waals surface area contributed by atoms with Crippen molar-refractivity contribution in [2.75, 3.05) is 13.6 Å². The van der Waals surface area contributed by atoms with Crippen LogP contribution in [-0.2, 0) is 11.3 Å². The van der Waals surface area contributed by atoms with Gasteiger partial charge in [-0.2, -0.15) is 5.10 Å². The topological polar surface area (TPSA) is 64.2 Å². The lowest BCUT2D eigenvalue weighted by molar-refractivity contribution is -0.130. The van der Waals surface area contributed by atoms with Gasteiger partial charge in [0.15, 0.2) is 0 Å². The standard InChI is InChI=1S/C12H19ClN4OS/c1-8-12(13)9(2)17(15-8)7-5-11(18)16(3)6-4-10(14)19/h4-7H2,1-3H3,(H2,14,19). The third kappa shape index (κ3) is 4.47. The van der Waals surface area contributed by atoms with Crippen LogP contribution in [0.2, 0.25) is 5.02 Å². The number of aromatic nitrogens is 2. The van der Waals surface area contributed by atoms with Crippen LogP contribution in [0.25, 0.3) is 0 Å². The van der Waals surface area contributed by atoms with Crippen molar-refractivity contribution >= 4 is 34.7 Å². The van der Waals surface area contributed by atoms with Crippen LogP contribution >= 0.6 is 23.8 Å². The van der Waals surface area contributed by atoms with Gasteiger partial charge in [0.05, 0.1) is 27.9 Å². The molecule has 1 amide bonds. The summed E-state index contributed by atoms with van der Waals surface area (Å²) in [6.45, 7) is 4.81. The maximum atomic E-state index is 11.9. The van der Waals surface area contributed by atoms with Crippen molar-refractivity contribution in [3.8, 4) is 0 Å². The Kier molecular flexibility index (Phi) is 5.75. The molecule has 0 bridgehead atoms. The summed E-state index contributed by atoms with van der Waals surface area (Å²) >= 11 is 10.8. The summed E-state index contributed by atoms with van der Waals surface area (Å²) < 4.78 is 1.76. The number of amides is 1. The number of carbonyl (C=O) groups excluding carboxylic acids is 1.